The highest BCUT2D eigenvalue weighted by Gasteiger charge is 2.37. The third-order valence-corrected chi connectivity index (χ3v) is 4.22. The maximum absolute atomic E-state index is 10.1. The van der Waals surface area contributed by atoms with Gasteiger partial charge in [-0.1, -0.05) is 12.1 Å². The lowest BCUT2D eigenvalue weighted by molar-refractivity contribution is 0.0848. The Bertz CT molecular complexity index is 444. The van der Waals surface area contributed by atoms with Gasteiger partial charge in [-0.3, -0.25) is 4.90 Å². The minimum Gasteiger partial charge on any atom is -0.504 e. The van der Waals surface area contributed by atoms with Gasteiger partial charge in [0.15, 0.2) is 11.5 Å². The first-order valence-electron chi connectivity index (χ1n) is 6.34. The molecular weight excluding hydrogens is 214 g/mol. The van der Waals surface area contributed by atoms with Crippen LogP contribution in [0.15, 0.2) is 12.1 Å². The molecule has 0 spiro atoms. The number of likely N-dealkylation sites (tertiary alicyclic amines) is 1. The Morgan fingerprint density at radius 1 is 1.41 bits per heavy atom. The van der Waals surface area contributed by atoms with E-state index < -0.39 is 0 Å². The molecule has 1 aromatic carbocycles. The molecule has 3 rings (SSSR count). The van der Waals surface area contributed by atoms with Crippen molar-refractivity contribution in [2.24, 2.45) is 0 Å². The number of aromatic hydroxyl groups is 1. The Kier molecular flexibility index (Phi) is 2.51. The van der Waals surface area contributed by atoms with Crippen LogP contribution in [0.3, 0.4) is 0 Å². The Balaban J connectivity index is 2.05. The molecule has 2 aliphatic heterocycles. The predicted octanol–water partition coefficient (Wildman–Crippen LogP) is 2.27. The summed E-state index contributed by atoms with van der Waals surface area (Å²) in [5.74, 6) is 1.57. The molecule has 17 heavy (non-hydrogen) atoms. The van der Waals surface area contributed by atoms with E-state index in [-0.39, 0.29) is 0 Å². The summed E-state index contributed by atoms with van der Waals surface area (Å²) < 4.78 is 5.78. The number of hydrogen-bond acceptors (Lipinski definition) is 3. The molecule has 3 heteroatoms. The van der Waals surface area contributed by atoms with Crippen LogP contribution in [-0.4, -0.2) is 36.2 Å². The lowest BCUT2D eigenvalue weighted by Gasteiger charge is -2.42. The van der Waals surface area contributed by atoms with Gasteiger partial charge in [-0.2, -0.15) is 0 Å². The summed E-state index contributed by atoms with van der Waals surface area (Å²) in [4.78, 5) is 2.38. The average molecular weight is 233 g/mol. The first-order valence-corrected chi connectivity index (χ1v) is 6.34. The van der Waals surface area contributed by atoms with Crippen molar-refractivity contribution >= 4 is 0 Å². The summed E-state index contributed by atoms with van der Waals surface area (Å²) in [5, 5.41) is 10.1. The van der Waals surface area contributed by atoms with E-state index in [4.69, 9.17) is 4.74 Å². The van der Waals surface area contributed by atoms with Gasteiger partial charge in [0.1, 0.15) is 6.61 Å². The molecule has 92 valence electrons. The van der Waals surface area contributed by atoms with Crippen molar-refractivity contribution < 1.29 is 9.84 Å². The van der Waals surface area contributed by atoms with Gasteiger partial charge in [0.2, 0.25) is 0 Å². The average Bonchev–Trinajstić information content (AvgIpc) is 2.34. The molecule has 1 aromatic rings. The van der Waals surface area contributed by atoms with Gasteiger partial charge in [-0.05, 0) is 38.9 Å². The van der Waals surface area contributed by atoms with Gasteiger partial charge in [0.05, 0.1) is 6.04 Å². The second-order valence-corrected chi connectivity index (χ2v) is 5.26. The standard InChI is InChI=1S/C14H19NO2/c1-9-5-6-11-10-4-3-7-15(2)12(10)8-17-14(11)13(9)16/h5-6,10,12,16H,3-4,7-8H2,1-2H3/t10-,12-/m1/s1. The second-order valence-electron chi connectivity index (χ2n) is 5.26. The number of phenolic OH excluding ortho intramolecular Hbond substituents is 1. The molecule has 0 aromatic heterocycles. The Morgan fingerprint density at radius 2 is 2.24 bits per heavy atom. The highest BCUT2D eigenvalue weighted by Crippen LogP contribution is 2.45. The molecule has 0 unspecified atom stereocenters. The molecule has 1 saturated heterocycles. The van der Waals surface area contributed by atoms with E-state index >= 15 is 0 Å². The number of aryl methyl sites for hydroxylation is 1. The summed E-state index contributed by atoms with van der Waals surface area (Å²) in [6.07, 6.45) is 2.43. The number of fused-ring (bicyclic) bond motifs is 3. The lowest BCUT2D eigenvalue weighted by atomic mass is 9.81. The van der Waals surface area contributed by atoms with Gasteiger partial charge in [0, 0.05) is 11.5 Å². The quantitative estimate of drug-likeness (QED) is 0.746. The van der Waals surface area contributed by atoms with Crippen LogP contribution >= 0.6 is 0 Å². The third-order valence-electron chi connectivity index (χ3n) is 4.22. The van der Waals surface area contributed by atoms with E-state index in [1.54, 1.807) is 0 Å². The van der Waals surface area contributed by atoms with Crippen molar-refractivity contribution in [3.8, 4) is 11.5 Å². The Labute approximate surface area is 102 Å². The maximum Gasteiger partial charge on any atom is 0.164 e. The second kappa shape index (κ2) is 3.91. The van der Waals surface area contributed by atoms with E-state index in [9.17, 15) is 5.11 Å². The van der Waals surface area contributed by atoms with Crippen molar-refractivity contribution in [1.29, 1.82) is 0 Å². The fraction of sp³-hybridized carbons (Fsp3) is 0.571. The summed E-state index contributed by atoms with van der Waals surface area (Å²) in [6.45, 7) is 3.76. The van der Waals surface area contributed by atoms with Crippen LogP contribution in [0, 0.1) is 6.92 Å². The predicted molar refractivity (Wildman–Crippen MR) is 66.7 cm³/mol. The van der Waals surface area contributed by atoms with Crippen LogP contribution in [0.1, 0.15) is 29.9 Å². The largest absolute Gasteiger partial charge is 0.504 e. The summed E-state index contributed by atoms with van der Waals surface area (Å²) in [7, 11) is 2.17. The molecule has 3 nitrogen and oxygen atoms in total. The first-order chi connectivity index (χ1) is 8.18. The zero-order valence-electron chi connectivity index (χ0n) is 10.4. The van der Waals surface area contributed by atoms with Crippen LogP contribution in [0.2, 0.25) is 0 Å². The molecule has 1 N–H and O–H groups in total. The monoisotopic (exact) mass is 233 g/mol. The van der Waals surface area contributed by atoms with Crippen molar-refractivity contribution in [2.45, 2.75) is 31.7 Å². The highest BCUT2D eigenvalue weighted by atomic mass is 16.5. The summed E-state index contributed by atoms with van der Waals surface area (Å²) >= 11 is 0. The van der Waals surface area contributed by atoms with Crippen LogP contribution in [0.25, 0.3) is 0 Å². The smallest absolute Gasteiger partial charge is 0.164 e. The highest BCUT2D eigenvalue weighted by molar-refractivity contribution is 5.53. The number of rotatable bonds is 0. The van der Waals surface area contributed by atoms with Crippen molar-refractivity contribution in [3.63, 3.8) is 0 Å². The Morgan fingerprint density at radius 3 is 3.06 bits per heavy atom. The molecule has 1 fully saturated rings. The van der Waals surface area contributed by atoms with Gasteiger partial charge < -0.3 is 9.84 Å². The van der Waals surface area contributed by atoms with Crippen LogP contribution in [-0.2, 0) is 0 Å². The van der Waals surface area contributed by atoms with Crippen molar-refractivity contribution in [3.05, 3.63) is 23.3 Å². The number of benzene rings is 1. The van der Waals surface area contributed by atoms with Gasteiger partial charge in [-0.25, -0.2) is 0 Å². The van der Waals surface area contributed by atoms with E-state index in [0.717, 1.165) is 17.9 Å². The number of likely N-dealkylation sites (N-methyl/N-ethyl adjacent to an activating group) is 1. The van der Waals surface area contributed by atoms with E-state index in [0.29, 0.717) is 24.3 Å². The molecule has 2 heterocycles. The molecule has 0 radical (unpaired) electrons. The topological polar surface area (TPSA) is 32.7 Å². The zero-order valence-corrected chi connectivity index (χ0v) is 10.4. The van der Waals surface area contributed by atoms with Crippen LogP contribution in [0.4, 0.5) is 0 Å². The lowest BCUT2D eigenvalue weighted by Crippen LogP contribution is -2.47. The number of piperidine rings is 1. The molecule has 2 atom stereocenters. The van der Waals surface area contributed by atoms with Crippen LogP contribution < -0.4 is 4.74 Å². The van der Waals surface area contributed by atoms with Gasteiger partial charge in [0.25, 0.3) is 0 Å². The van der Waals surface area contributed by atoms with Gasteiger partial charge in [-0.15, -0.1) is 0 Å². The summed E-state index contributed by atoms with van der Waals surface area (Å²) in [5.41, 5.74) is 2.09. The molecule has 0 aliphatic carbocycles. The SMILES string of the molecule is Cc1ccc2c(c1O)OC[C@@H]1[C@@H]2CCCN1C. The van der Waals surface area contributed by atoms with E-state index in [1.165, 1.54) is 18.4 Å². The maximum atomic E-state index is 10.1. The Hall–Kier alpha value is -1.22. The fourth-order valence-electron chi connectivity index (χ4n) is 3.13. The van der Waals surface area contributed by atoms with Crippen molar-refractivity contribution in [2.75, 3.05) is 20.2 Å². The van der Waals surface area contributed by atoms with E-state index in [1.807, 2.05) is 13.0 Å². The van der Waals surface area contributed by atoms with Crippen molar-refractivity contribution in [1.82, 2.24) is 4.90 Å². The number of hydrogen-bond donors (Lipinski definition) is 1. The first kappa shape index (κ1) is 10.9. The molecule has 0 saturated carbocycles. The number of nitrogens with zero attached hydrogens (tertiary/aromatic N) is 1. The minimum atomic E-state index is 0.328. The number of phenols is 1. The molecular formula is C14H19NO2. The third kappa shape index (κ3) is 1.61. The van der Waals surface area contributed by atoms with Gasteiger partial charge >= 0.3 is 0 Å². The van der Waals surface area contributed by atoms with Crippen LogP contribution in [0.5, 0.6) is 11.5 Å². The van der Waals surface area contributed by atoms with E-state index in [2.05, 4.69) is 18.0 Å². The molecule has 0 bridgehead atoms. The molecule has 0 amide bonds. The molecule has 2 aliphatic rings. The minimum absolute atomic E-state index is 0.328. The zero-order chi connectivity index (χ0) is 12.0. The normalized spacial score (nSPS) is 28.1. The number of ether oxygens (including phenoxy) is 1. The fourth-order valence-corrected chi connectivity index (χ4v) is 3.13. The summed E-state index contributed by atoms with van der Waals surface area (Å²) in [6, 6.07) is 4.59.